The lowest BCUT2D eigenvalue weighted by Crippen LogP contribution is -2.36. The van der Waals surface area contributed by atoms with Crippen LogP contribution < -0.4 is 10.6 Å². The van der Waals surface area contributed by atoms with E-state index in [1.807, 2.05) is 0 Å². The highest BCUT2D eigenvalue weighted by molar-refractivity contribution is 5.94. The minimum absolute atomic E-state index is 0.115. The number of halogens is 3. The van der Waals surface area contributed by atoms with E-state index in [4.69, 9.17) is 0 Å². The molecule has 0 aliphatic heterocycles. The molecule has 0 saturated heterocycles. The molecule has 0 aromatic heterocycles. The van der Waals surface area contributed by atoms with Crippen LogP contribution in [0, 0.1) is 17.5 Å². The fourth-order valence-electron chi connectivity index (χ4n) is 2.06. The van der Waals surface area contributed by atoms with Gasteiger partial charge >= 0.3 is 0 Å². The van der Waals surface area contributed by atoms with Gasteiger partial charge in [-0.15, -0.1) is 0 Å². The minimum Gasteiger partial charge on any atom is -0.325 e. The molecule has 0 heterocycles. The van der Waals surface area contributed by atoms with Crippen molar-refractivity contribution < 1.29 is 22.8 Å². The Kier molecular flexibility index (Phi) is 6.13. The van der Waals surface area contributed by atoms with Gasteiger partial charge in [0.2, 0.25) is 11.8 Å². The maximum absolute atomic E-state index is 13.5. The summed E-state index contributed by atoms with van der Waals surface area (Å²) in [6, 6.07) is 7.95. The summed E-state index contributed by atoms with van der Waals surface area (Å²) in [6.07, 6.45) is 0. The molecule has 2 amide bonds. The predicted molar refractivity (Wildman–Crippen MR) is 87.5 cm³/mol. The predicted octanol–water partition coefficient (Wildman–Crippen LogP) is 2.61. The number of likely N-dealkylation sites (N-methyl/N-ethyl adjacent to an activating group) is 1. The molecule has 132 valence electrons. The molecule has 0 aliphatic carbocycles. The number of carbonyl (C=O) groups is 2. The number of anilines is 2. The van der Waals surface area contributed by atoms with Crippen LogP contribution >= 0.6 is 0 Å². The second-order valence-corrected chi connectivity index (χ2v) is 5.40. The number of benzene rings is 2. The van der Waals surface area contributed by atoms with E-state index in [-0.39, 0.29) is 18.8 Å². The maximum Gasteiger partial charge on any atom is 0.238 e. The monoisotopic (exact) mass is 351 g/mol. The van der Waals surface area contributed by atoms with E-state index in [0.29, 0.717) is 5.69 Å². The average Bonchev–Trinajstić information content (AvgIpc) is 2.52. The Balaban J connectivity index is 1.83. The lowest BCUT2D eigenvalue weighted by atomic mass is 10.3. The Morgan fingerprint density at radius 3 is 2.08 bits per heavy atom. The molecule has 5 nitrogen and oxygen atoms in total. The summed E-state index contributed by atoms with van der Waals surface area (Å²) in [4.78, 5) is 25.1. The van der Waals surface area contributed by atoms with Crippen molar-refractivity contribution in [2.24, 2.45) is 0 Å². The molecule has 2 rings (SSSR count). The van der Waals surface area contributed by atoms with Crippen LogP contribution in [0.3, 0.4) is 0 Å². The van der Waals surface area contributed by atoms with Crippen molar-refractivity contribution in [3.8, 4) is 0 Å². The minimum atomic E-state index is -0.758. The highest BCUT2D eigenvalue weighted by Gasteiger charge is 2.13. The summed E-state index contributed by atoms with van der Waals surface area (Å²) in [5, 5.41) is 4.79. The number of nitrogens with zero attached hydrogens (tertiary/aromatic N) is 1. The number of hydrogen-bond donors (Lipinski definition) is 2. The number of hydrogen-bond acceptors (Lipinski definition) is 3. The Morgan fingerprint density at radius 1 is 0.880 bits per heavy atom. The van der Waals surface area contributed by atoms with Crippen LogP contribution in [0.5, 0.6) is 0 Å². The van der Waals surface area contributed by atoms with Gasteiger partial charge in [0.25, 0.3) is 0 Å². The Hall–Kier alpha value is -2.87. The van der Waals surface area contributed by atoms with Crippen LogP contribution in [0.1, 0.15) is 0 Å². The van der Waals surface area contributed by atoms with Gasteiger partial charge in [-0.1, -0.05) is 0 Å². The van der Waals surface area contributed by atoms with E-state index in [1.54, 1.807) is 0 Å². The van der Waals surface area contributed by atoms with Gasteiger partial charge in [-0.3, -0.25) is 14.5 Å². The summed E-state index contributed by atoms with van der Waals surface area (Å²) in [5.41, 5.74) is 0.153. The van der Waals surface area contributed by atoms with Crippen LogP contribution in [-0.2, 0) is 9.59 Å². The topological polar surface area (TPSA) is 61.4 Å². The molecule has 0 spiro atoms. The Morgan fingerprint density at radius 2 is 1.44 bits per heavy atom. The van der Waals surface area contributed by atoms with E-state index in [0.717, 1.165) is 18.2 Å². The standard InChI is InChI=1S/C17H16F3N3O2/c1-23(9-16(24)21-13-5-2-11(18)3-6-13)10-17(25)22-15-8-12(19)4-7-14(15)20/h2-8H,9-10H2,1H3,(H,21,24)(H,22,25). The average molecular weight is 351 g/mol. The second-order valence-electron chi connectivity index (χ2n) is 5.40. The van der Waals surface area contributed by atoms with Gasteiger partial charge in [0.05, 0.1) is 18.8 Å². The molecule has 0 unspecified atom stereocenters. The van der Waals surface area contributed by atoms with E-state index < -0.39 is 29.3 Å². The number of rotatable bonds is 6. The van der Waals surface area contributed by atoms with E-state index in [9.17, 15) is 22.8 Å². The third kappa shape index (κ3) is 5.92. The zero-order valence-corrected chi connectivity index (χ0v) is 13.4. The second kappa shape index (κ2) is 8.29. The number of nitrogens with one attached hydrogen (secondary N) is 2. The molecular weight excluding hydrogens is 335 g/mol. The molecular formula is C17H16F3N3O2. The molecule has 0 bridgehead atoms. The lowest BCUT2D eigenvalue weighted by Gasteiger charge is -2.16. The first kappa shape index (κ1) is 18.5. The zero-order valence-electron chi connectivity index (χ0n) is 13.4. The fraction of sp³-hybridized carbons (Fsp3) is 0.176. The SMILES string of the molecule is CN(CC(=O)Nc1ccc(F)cc1)CC(=O)Nc1cc(F)ccc1F. The fourth-order valence-corrected chi connectivity index (χ4v) is 2.06. The third-order valence-corrected chi connectivity index (χ3v) is 3.16. The molecule has 2 aromatic carbocycles. The first-order valence-electron chi connectivity index (χ1n) is 7.32. The van der Waals surface area contributed by atoms with Crippen LogP contribution in [0.25, 0.3) is 0 Å². The van der Waals surface area contributed by atoms with Crippen molar-refractivity contribution in [1.82, 2.24) is 4.90 Å². The van der Waals surface area contributed by atoms with E-state index in [2.05, 4.69) is 10.6 Å². The van der Waals surface area contributed by atoms with Crippen LogP contribution in [0.4, 0.5) is 24.5 Å². The maximum atomic E-state index is 13.5. The molecule has 0 atom stereocenters. The molecule has 0 saturated carbocycles. The lowest BCUT2D eigenvalue weighted by molar-refractivity contribution is -0.119. The van der Waals surface area contributed by atoms with Gasteiger partial charge in [0, 0.05) is 11.8 Å². The molecule has 8 heteroatoms. The summed E-state index contributed by atoms with van der Waals surface area (Å²) in [5.74, 6) is -2.85. The van der Waals surface area contributed by atoms with Gasteiger partial charge in [-0.2, -0.15) is 0 Å². The molecule has 2 N–H and O–H groups in total. The normalized spacial score (nSPS) is 10.6. The molecule has 2 aromatic rings. The largest absolute Gasteiger partial charge is 0.325 e. The van der Waals surface area contributed by atoms with Crippen molar-refractivity contribution in [3.05, 3.63) is 59.9 Å². The molecule has 0 aliphatic rings. The van der Waals surface area contributed by atoms with E-state index in [1.165, 1.54) is 36.2 Å². The van der Waals surface area contributed by atoms with Gasteiger partial charge < -0.3 is 10.6 Å². The quantitative estimate of drug-likeness (QED) is 0.841. The highest BCUT2D eigenvalue weighted by Crippen LogP contribution is 2.15. The summed E-state index contributed by atoms with van der Waals surface area (Å²) >= 11 is 0. The van der Waals surface area contributed by atoms with E-state index >= 15 is 0 Å². The summed E-state index contributed by atoms with van der Waals surface area (Å²) < 4.78 is 39.3. The molecule has 0 radical (unpaired) electrons. The molecule has 0 fully saturated rings. The first-order chi connectivity index (χ1) is 11.8. The first-order valence-corrected chi connectivity index (χ1v) is 7.32. The zero-order chi connectivity index (χ0) is 18.4. The number of amides is 2. The van der Waals surface area contributed by atoms with Crippen molar-refractivity contribution in [2.45, 2.75) is 0 Å². The van der Waals surface area contributed by atoms with Crippen molar-refractivity contribution in [1.29, 1.82) is 0 Å². The van der Waals surface area contributed by atoms with Crippen LogP contribution in [-0.4, -0.2) is 36.9 Å². The smallest absolute Gasteiger partial charge is 0.238 e. The number of carbonyl (C=O) groups excluding carboxylic acids is 2. The molecule has 25 heavy (non-hydrogen) atoms. The van der Waals surface area contributed by atoms with Gasteiger partial charge in [0.1, 0.15) is 17.5 Å². The van der Waals surface area contributed by atoms with Gasteiger partial charge in [0.15, 0.2) is 0 Å². The summed E-state index contributed by atoms with van der Waals surface area (Å²) in [7, 11) is 1.52. The van der Waals surface area contributed by atoms with Gasteiger partial charge in [-0.25, -0.2) is 13.2 Å². The van der Waals surface area contributed by atoms with Crippen LogP contribution in [0.15, 0.2) is 42.5 Å². The van der Waals surface area contributed by atoms with Crippen molar-refractivity contribution in [3.63, 3.8) is 0 Å². The van der Waals surface area contributed by atoms with Crippen LogP contribution in [0.2, 0.25) is 0 Å². The van der Waals surface area contributed by atoms with Crippen molar-refractivity contribution in [2.75, 3.05) is 30.8 Å². The third-order valence-electron chi connectivity index (χ3n) is 3.16. The summed E-state index contributed by atoms with van der Waals surface area (Å²) in [6.45, 7) is -0.316. The van der Waals surface area contributed by atoms with Crippen molar-refractivity contribution >= 4 is 23.2 Å². The van der Waals surface area contributed by atoms with Gasteiger partial charge in [-0.05, 0) is 43.4 Å². The Labute approximate surface area is 142 Å². The Bertz CT molecular complexity index is 766. The highest BCUT2D eigenvalue weighted by atomic mass is 19.1.